The summed E-state index contributed by atoms with van der Waals surface area (Å²) < 4.78 is 0. The maximum absolute atomic E-state index is 11.6. The van der Waals surface area contributed by atoms with Gasteiger partial charge in [0.15, 0.2) is 0 Å². The monoisotopic (exact) mass is 253 g/mol. The van der Waals surface area contributed by atoms with E-state index in [0.29, 0.717) is 11.0 Å². The minimum Gasteiger partial charge on any atom is -0.394 e. The van der Waals surface area contributed by atoms with Crippen molar-refractivity contribution in [3.63, 3.8) is 0 Å². The number of hydrogen-bond acceptors (Lipinski definition) is 3. The average Bonchev–Trinajstić information content (AvgIpc) is 2.34. The Morgan fingerprint density at radius 2 is 2.00 bits per heavy atom. The molecular formula is C13H19NO2S. The molecule has 0 aromatic heterocycles. The molecule has 1 amide bonds. The number of nitrogens with one attached hydrogen (secondary N) is 1. The number of rotatable bonds is 6. The first kappa shape index (κ1) is 14.1. The number of benzene rings is 1. The van der Waals surface area contributed by atoms with Crippen LogP contribution in [0.1, 0.15) is 25.5 Å². The Morgan fingerprint density at radius 1 is 1.35 bits per heavy atom. The SMILES string of the molecule is CC(C)SCC(=O)N[C@@H](CO)c1ccccc1. The van der Waals surface area contributed by atoms with Gasteiger partial charge in [-0.1, -0.05) is 44.2 Å². The Morgan fingerprint density at radius 3 is 2.53 bits per heavy atom. The number of thioether (sulfide) groups is 1. The van der Waals surface area contributed by atoms with Gasteiger partial charge in [0, 0.05) is 0 Å². The van der Waals surface area contributed by atoms with Gasteiger partial charge in [0.2, 0.25) is 5.91 Å². The third kappa shape index (κ3) is 5.24. The van der Waals surface area contributed by atoms with Crippen molar-refractivity contribution in [1.29, 1.82) is 0 Å². The van der Waals surface area contributed by atoms with Crippen molar-refractivity contribution in [2.24, 2.45) is 0 Å². The van der Waals surface area contributed by atoms with Gasteiger partial charge in [-0.25, -0.2) is 0 Å². The lowest BCUT2D eigenvalue weighted by Crippen LogP contribution is -2.32. The molecule has 1 rings (SSSR count). The van der Waals surface area contributed by atoms with Crippen LogP contribution in [0.25, 0.3) is 0 Å². The Kier molecular flexibility index (Phi) is 6.08. The van der Waals surface area contributed by atoms with Gasteiger partial charge in [-0.2, -0.15) is 0 Å². The summed E-state index contributed by atoms with van der Waals surface area (Å²) in [6.07, 6.45) is 0. The summed E-state index contributed by atoms with van der Waals surface area (Å²) >= 11 is 1.59. The largest absolute Gasteiger partial charge is 0.394 e. The summed E-state index contributed by atoms with van der Waals surface area (Å²) in [5, 5.41) is 12.5. The van der Waals surface area contributed by atoms with E-state index in [9.17, 15) is 9.90 Å². The first-order chi connectivity index (χ1) is 8.13. The molecule has 0 spiro atoms. The van der Waals surface area contributed by atoms with E-state index >= 15 is 0 Å². The molecule has 0 bridgehead atoms. The fraction of sp³-hybridized carbons (Fsp3) is 0.462. The van der Waals surface area contributed by atoms with E-state index in [-0.39, 0.29) is 18.6 Å². The second-order valence-corrected chi connectivity index (χ2v) is 5.64. The summed E-state index contributed by atoms with van der Waals surface area (Å²) in [5.74, 6) is 0.396. The van der Waals surface area contributed by atoms with Crippen LogP contribution in [0.5, 0.6) is 0 Å². The fourth-order valence-electron chi connectivity index (χ4n) is 1.40. The highest BCUT2D eigenvalue weighted by molar-refractivity contribution is 8.00. The van der Waals surface area contributed by atoms with Gasteiger partial charge in [-0.15, -0.1) is 11.8 Å². The molecule has 1 aromatic carbocycles. The molecule has 3 nitrogen and oxygen atoms in total. The van der Waals surface area contributed by atoms with E-state index < -0.39 is 0 Å². The standard InChI is InChI=1S/C13H19NO2S/c1-10(2)17-9-13(16)14-12(8-15)11-6-4-3-5-7-11/h3-7,10,12,15H,8-9H2,1-2H3,(H,14,16)/t12-/m0/s1. The molecule has 94 valence electrons. The number of aliphatic hydroxyl groups is 1. The summed E-state index contributed by atoms with van der Waals surface area (Å²) in [6.45, 7) is 4.03. The summed E-state index contributed by atoms with van der Waals surface area (Å²) in [7, 11) is 0. The summed E-state index contributed by atoms with van der Waals surface area (Å²) in [6, 6.07) is 9.19. The van der Waals surface area contributed by atoms with E-state index in [0.717, 1.165) is 5.56 Å². The maximum Gasteiger partial charge on any atom is 0.230 e. The molecule has 1 aromatic rings. The maximum atomic E-state index is 11.6. The van der Waals surface area contributed by atoms with E-state index in [2.05, 4.69) is 19.2 Å². The van der Waals surface area contributed by atoms with Gasteiger partial charge in [0.1, 0.15) is 0 Å². The van der Waals surface area contributed by atoms with E-state index in [1.165, 1.54) is 0 Å². The van der Waals surface area contributed by atoms with Crippen molar-refractivity contribution in [3.05, 3.63) is 35.9 Å². The van der Waals surface area contributed by atoms with Gasteiger partial charge < -0.3 is 10.4 Å². The lowest BCUT2D eigenvalue weighted by Gasteiger charge is -2.16. The number of carbonyl (C=O) groups excluding carboxylic acids is 1. The van der Waals surface area contributed by atoms with E-state index in [1.54, 1.807) is 11.8 Å². The molecule has 17 heavy (non-hydrogen) atoms. The summed E-state index contributed by atoms with van der Waals surface area (Å²) in [5.41, 5.74) is 0.929. The minimum atomic E-state index is -0.309. The van der Waals surface area contributed by atoms with Crippen LogP contribution in [0.4, 0.5) is 0 Å². The van der Waals surface area contributed by atoms with Gasteiger partial charge >= 0.3 is 0 Å². The number of aliphatic hydroxyl groups excluding tert-OH is 1. The molecule has 0 heterocycles. The second-order valence-electron chi connectivity index (χ2n) is 4.07. The zero-order chi connectivity index (χ0) is 12.7. The molecular weight excluding hydrogens is 234 g/mol. The molecule has 0 aliphatic heterocycles. The minimum absolute atomic E-state index is 0.0356. The van der Waals surface area contributed by atoms with Crippen molar-refractivity contribution < 1.29 is 9.90 Å². The van der Waals surface area contributed by atoms with Gasteiger partial charge in [-0.3, -0.25) is 4.79 Å². The molecule has 0 saturated heterocycles. The van der Waals surface area contributed by atoms with Crippen molar-refractivity contribution >= 4 is 17.7 Å². The number of carbonyl (C=O) groups is 1. The zero-order valence-corrected chi connectivity index (χ0v) is 11.0. The van der Waals surface area contributed by atoms with E-state index in [4.69, 9.17) is 0 Å². The quantitative estimate of drug-likeness (QED) is 0.815. The Bertz CT molecular complexity index is 341. The lowest BCUT2D eigenvalue weighted by molar-refractivity contribution is -0.119. The van der Waals surface area contributed by atoms with Gasteiger partial charge in [-0.05, 0) is 10.8 Å². The predicted octanol–water partition coefficient (Wildman–Crippen LogP) is 1.98. The second kappa shape index (κ2) is 7.35. The Hall–Kier alpha value is -1.00. The topological polar surface area (TPSA) is 49.3 Å². The highest BCUT2D eigenvalue weighted by Crippen LogP contribution is 2.13. The molecule has 0 aliphatic rings. The van der Waals surface area contributed by atoms with Gasteiger partial charge in [0.05, 0.1) is 18.4 Å². The van der Waals surface area contributed by atoms with Crippen LogP contribution < -0.4 is 5.32 Å². The van der Waals surface area contributed by atoms with Crippen LogP contribution in [0, 0.1) is 0 Å². The van der Waals surface area contributed by atoms with Crippen molar-refractivity contribution in [2.45, 2.75) is 25.1 Å². The number of hydrogen-bond donors (Lipinski definition) is 2. The smallest absolute Gasteiger partial charge is 0.230 e. The third-order valence-electron chi connectivity index (χ3n) is 2.27. The van der Waals surface area contributed by atoms with Crippen LogP contribution >= 0.6 is 11.8 Å². The molecule has 0 unspecified atom stereocenters. The molecule has 0 radical (unpaired) electrons. The van der Waals surface area contributed by atoms with Crippen LogP contribution in [0.2, 0.25) is 0 Å². The highest BCUT2D eigenvalue weighted by atomic mass is 32.2. The van der Waals surface area contributed by atoms with Crippen LogP contribution in [0.3, 0.4) is 0 Å². The summed E-state index contributed by atoms with van der Waals surface area (Å²) in [4.78, 5) is 11.6. The molecule has 0 aliphatic carbocycles. The molecule has 1 atom stereocenters. The molecule has 0 saturated carbocycles. The highest BCUT2D eigenvalue weighted by Gasteiger charge is 2.13. The first-order valence-corrected chi connectivity index (χ1v) is 6.75. The fourth-order valence-corrected chi connectivity index (χ4v) is 1.97. The Labute approximate surface area is 107 Å². The normalized spacial score (nSPS) is 12.5. The molecule has 4 heteroatoms. The van der Waals surface area contributed by atoms with Crippen molar-refractivity contribution in [2.75, 3.05) is 12.4 Å². The zero-order valence-electron chi connectivity index (χ0n) is 10.2. The first-order valence-electron chi connectivity index (χ1n) is 5.70. The van der Waals surface area contributed by atoms with Crippen LogP contribution in [0.15, 0.2) is 30.3 Å². The lowest BCUT2D eigenvalue weighted by atomic mass is 10.1. The molecule has 2 N–H and O–H groups in total. The van der Waals surface area contributed by atoms with Crippen LogP contribution in [-0.2, 0) is 4.79 Å². The van der Waals surface area contributed by atoms with Gasteiger partial charge in [0.25, 0.3) is 0 Å². The van der Waals surface area contributed by atoms with Crippen molar-refractivity contribution in [1.82, 2.24) is 5.32 Å². The number of amides is 1. The van der Waals surface area contributed by atoms with Crippen LogP contribution in [-0.4, -0.2) is 28.6 Å². The molecule has 0 fully saturated rings. The average molecular weight is 253 g/mol. The predicted molar refractivity (Wildman–Crippen MR) is 72.0 cm³/mol. The van der Waals surface area contributed by atoms with E-state index in [1.807, 2.05) is 30.3 Å². The van der Waals surface area contributed by atoms with Crippen molar-refractivity contribution in [3.8, 4) is 0 Å². The Balaban J connectivity index is 2.50. The third-order valence-corrected chi connectivity index (χ3v) is 3.36.